The predicted octanol–water partition coefficient (Wildman–Crippen LogP) is 2.47. The summed E-state index contributed by atoms with van der Waals surface area (Å²) < 4.78 is 38.0. The Balaban J connectivity index is 2.60. The lowest BCUT2D eigenvalue weighted by Gasteiger charge is -2.29. The summed E-state index contributed by atoms with van der Waals surface area (Å²) in [5.41, 5.74) is -0.0469. The lowest BCUT2D eigenvalue weighted by atomic mass is 9.80. The van der Waals surface area contributed by atoms with Crippen molar-refractivity contribution < 1.29 is 33.0 Å². The normalized spacial score (nSPS) is 17.2. The lowest BCUT2D eigenvalue weighted by molar-refractivity contribution is -0.140. The van der Waals surface area contributed by atoms with Crippen LogP contribution < -0.4 is 5.32 Å². The molecule has 6 nitrogen and oxygen atoms in total. The van der Waals surface area contributed by atoms with E-state index >= 15 is 0 Å². The Hall–Kier alpha value is -2.74. The van der Waals surface area contributed by atoms with E-state index in [1.54, 1.807) is 6.92 Å². The molecule has 0 spiro atoms. The SMILES string of the molecule is COCCOC(=O)C1=C(C)NC(C)=C(C(=O)O)C1c1cccc(F)c1F. The summed E-state index contributed by atoms with van der Waals surface area (Å²) >= 11 is 0. The fourth-order valence-electron chi connectivity index (χ4n) is 2.90. The van der Waals surface area contributed by atoms with E-state index < -0.39 is 29.5 Å². The Morgan fingerprint density at radius 1 is 1.15 bits per heavy atom. The van der Waals surface area contributed by atoms with E-state index in [4.69, 9.17) is 9.47 Å². The third kappa shape index (κ3) is 3.75. The molecular weight excluding hydrogens is 348 g/mol. The van der Waals surface area contributed by atoms with Gasteiger partial charge in [0.05, 0.1) is 23.7 Å². The van der Waals surface area contributed by atoms with Crippen LogP contribution in [0.2, 0.25) is 0 Å². The Kier molecular flexibility index (Phi) is 6.10. The van der Waals surface area contributed by atoms with Crippen molar-refractivity contribution in [3.05, 3.63) is 57.9 Å². The molecule has 1 atom stereocenters. The van der Waals surface area contributed by atoms with Crippen LogP contribution in [0.5, 0.6) is 0 Å². The molecule has 0 saturated heterocycles. The number of carbonyl (C=O) groups excluding carboxylic acids is 1. The van der Waals surface area contributed by atoms with Crippen LogP contribution >= 0.6 is 0 Å². The average molecular weight is 367 g/mol. The smallest absolute Gasteiger partial charge is 0.336 e. The van der Waals surface area contributed by atoms with Gasteiger partial charge in [0.25, 0.3) is 0 Å². The summed E-state index contributed by atoms with van der Waals surface area (Å²) in [5, 5.41) is 12.4. The number of carbonyl (C=O) groups is 2. The lowest BCUT2D eigenvalue weighted by Crippen LogP contribution is -2.32. The number of aliphatic carboxylic acids is 1. The first kappa shape index (κ1) is 19.6. The van der Waals surface area contributed by atoms with E-state index in [-0.39, 0.29) is 35.6 Å². The van der Waals surface area contributed by atoms with E-state index in [9.17, 15) is 23.5 Å². The second-order valence-electron chi connectivity index (χ2n) is 5.71. The molecule has 140 valence electrons. The van der Waals surface area contributed by atoms with Gasteiger partial charge in [-0.2, -0.15) is 0 Å². The van der Waals surface area contributed by atoms with Crippen LogP contribution in [0.4, 0.5) is 8.78 Å². The number of methoxy groups -OCH3 is 1. The highest BCUT2D eigenvalue weighted by Crippen LogP contribution is 2.40. The van der Waals surface area contributed by atoms with Crippen LogP contribution in [0.3, 0.4) is 0 Å². The maximum Gasteiger partial charge on any atom is 0.336 e. The third-order valence-corrected chi connectivity index (χ3v) is 4.02. The van der Waals surface area contributed by atoms with Gasteiger partial charge in [0.15, 0.2) is 11.6 Å². The number of benzene rings is 1. The molecule has 0 bridgehead atoms. The van der Waals surface area contributed by atoms with Gasteiger partial charge in [-0.3, -0.25) is 0 Å². The van der Waals surface area contributed by atoms with Gasteiger partial charge >= 0.3 is 11.9 Å². The van der Waals surface area contributed by atoms with Gasteiger partial charge in [-0.25, -0.2) is 18.4 Å². The minimum atomic E-state index is -1.35. The molecule has 26 heavy (non-hydrogen) atoms. The van der Waals surface area contributed by atoms with Crippen molar-refractivity contribution in [3.63, 3.8) is 0 Å². The first-order valence-electron chi connectivity index (χ1n) is 7.81. The number of rotatable bonds is 6. The number of esters is 1. The molecule has 0 saturated carbocycles. The summed E-state index contributed by atoms with van der Waals surface area (Å²) in [7, 11) is 1.43. The van der Waals surface area contributed by atoms with Crippen LogP contribution in [0.25, 0.3) is 0 Å². The maximum absolute atomic E-state index is 14.4. The second-order valence-corrected chi connectivity index (χ2v) is 5.71. The molecule has 0 radical (unpaired) electrons. The Morgan fingerprint density at radius 2 is 1.81 bits per heavy atom. The molecule has 0 amide bonds. The number of hydrogen-bond donors (Lipinski definition) is 2. The summed E-state index contributed by atoms with van der Waals surface area (Å²) in [6.07, 6.45) is 0. The fourth-order valence-corrected chi connectivity index (χ4v) is 2.90. The van der Waals surface area contributed by atoms with Gasteiger partial charge in [-0.15, -0.1) is 0 Å². The molecule has 1 aromatic rings. The second kappa shape index (κ2) is 8.09. The zero-order valence-electron chi connectivity index (χ0n) is 14.6. The minimum Gasteiger partial charge on any atom is -0.478 e. The van der Waals surface area contributed by atoms with Gasteiger partial charge in [0.1, 0.15) is 6.61 Å². The summed E-state index contributed by atoms with van der Waals surface area (Å²) in [5.74, 6) is -5.82. The maximum atomic E-state index is 14.4. The van der Waals surface area contributed by atoms with Crippen molar-refractivity contribution in [1.82, 2.24) is 5.32 Å². The molecule has 1 aliphatic rings. The average Bonchev–Trinajstić information content (AvgIpc) is 2.56. The molecule has 1 heterocycles. The Morgan fingerprint density at radius 3 is 2.42 bits per heavy atom. The Labute approximate surface area is 149 Å². The largest absolute Gasteiger partial charge is 0.478 e. The molecular formula is C18H19F2NO5. The monoisotopic (exact) mass is 367 g/mol. The van der Waals surface area contributed by atoms with Gasteiger partial charge in [0.2, 0.25) is 0 Å². The van der Waals surface area contributed by atoms with Crippen molar-refractivity contribution in [2.75, 3.05) is 20.3 Å². The van der Waals surface area contributed by atoms with Crippen molar-refractivity contribution in [2.45, 2.75) is 19.8 Å². The van der Waals surface area contributed by atoms with E-state index in [2.05, 4.69) is 5.32 Å². The minimum absolute atomic E-state index is 0.0600. The molecule has 0 aromatic heterocycles. The Bertz CT molecular complexity index is 801. The van der Waals surface area contributed by atoms with Crippen LogP contribution in [-0.4, -0.2) is 37.4 Å². The standard InChI is InChI=1S/C18H19F2NO5/c1-9-13(17(22)23)15(11-5-4-6-12(19)16(11)20)14(10(2)21-9)18(24)26-8-7-25-3/h4-6,15,21H,7-8H2,1-3H3,(H,22,23). The molecule has 8 heteroatoms. The number of carboxylic acids is 1. The molecule has 1 aromatic carbocycles. The zero-order chi connectivity index (χ0) is 19.4. The molecule has 2 rings (SSSR count). The van der Waals surface area contributed by atoms with E-state index in [1.165, 1.54) is 26.2 Å². The summed E-state index contributed by atoms with van der Waals surface area (Å²) in [6.45, 7) is 3.12. The van der Waals surface area contributed by atoms with Crippen LogP contribution in [-0.2, 0) is 19.1 Å². The number of hydrogen-bond acceptors (Lipinski definition) is 5. The first-order chi connectivity index (χ1) is 12.3. The molecule has 1 aliphatic heterocycles. The van der Waals surface area contributed by atoms with Gasteiger partial charge in [-0.1, -0.05) is 12.1 Å². The quantitative estimate of drug-likeness (QED) is 0.594. The van der Waals surface area contributed by atoms with E-state index in [0.717, 1.165) is 6.07 Å². The van der Waals surface area contributed by atoms with Gasteiger partial charge in [-0.05, 0) is 19.9 Å². The molecule has 1 unspecified atom stereocenters. The van der Waals surface area contributed by atoms with Crippen molar-refractivity contribution in [2.24, 2.45) is 0 Å². The first-order valence-corrected chi connectivity index (χ1v) is 7.81. The summed E-state index contributed by atoms with van der Waals surface area (Å²) in [4.78, 5) is 24.3. The van der Waals surface area contributed by atoms with Gasteiger partial charge < -0.3 is 19.9 Å². The van der Waals surface area contributed by atoms with Crippen molar-refractivity contribution in [3.8, 4) is 0 Å². The van der Waals surface area contributed by atoms with Crippen LogP contribution in [0.1, 0.15) is 25.3 Å². The highest BCUT2D eigenvalue weighted by molar-refractivity contribution is 5.99. The number of dihydropyridines is 1. The fraction of sp³-hybridized carbons (Fsp3) is 0.333. The topological polar surface area (TPSA) is 84.9 Å². The van der Waals surface area contributed by atoms with Crippen LogP contribution in [0.15, 0.2) is 40.7 Å². The number of allylic oxidation sites excluding steroid dienone is 2. The zero-order valence-corrected chi connectivity index (χ0v) is 14.6. The molecule has 2 N–H and O–H groups in total. The number of nitrogens with one attached hydrogen (secondary N) is 1. The van der Waals surface area contributed by atoms with Crippen LogP contribution in [0, 0.1) is 11.6 Å². The van der Waals surface area contributed by atoms with Crippen molar-refractivity contribution in [1.29, 1.82) is 0 Å². The van der Waals surface area contributed by atoms with Crippen molar-refractivity contribution >= 4 is 11.9 Å². The summed E-state index contributed by atoms with van der Waals surface area (Å²) in [6, 6.07) is 3.43. The highest BCUT2D eigenvalue weighted by Gasteiger charge is 2.39. The number of halogens is 2. The van der Waals surface area contributed by atoms with Gasteiger partial charge in [0, 0.05) is 24.1 Å². The number of carboxylic acid groups (broad SMARTS) is 1. The molecule has 0 aliphatic carbocycles. The predicted molar refractivity (Wildman–Crippen MR) is 88.1 cm³/mol. The molecule has 0 fully saturated rings. The third-order valence-electron chi connectivity index (χ3n) is 4.02. The highest BCUT2D eigenvalue weighted by atomic mass is 19.2. The van der Waals surface area contributed by atoms with E-state index in [1.807, 2.05) is 0 Å². The van der Waals surface area contributed by atoms with E-state index in [0.29, 0.717) is 5.70 Å². The number of ether oxygens (including phenoxy) is 2.